The van der Waals surface area contributed by atoms with Crippen LogP contribution in [0.3, 0.4) is 0 Å². The van der Waals surface area contributed by atoms with Crippen LogP contribution in [0.25, 0.3) is 11.0 Å². The van der Waals surface area contributed by atoms with Crippen molar-refractivity contribution < 1.29 is 18.7 Å². The Bertz CT molecular complexity index is 1140. The van der Waals surface area contributed by atoms with Crippen LogP contribution < -0.4 is 10.6 Å². The zero-order chi connectivity index (χ0) is 24.0. The average Bonchev–Trinajstić information content (AvgIpc) is 3.33. The Morgan fingerprint density at radius 1 is 1.09 bits per heavy atom. The van der Waals surface area contributed by atoms with Crippen molar-refractivity contribution in [2.45, 2.75) is 25.7 Å². The van der Waals surface area contributed by atoms with Gasteiger partial charge in [-0.25, -0.2) is 4.79 Å². The van der Waals surface area contributed by atoms with Gasteiger partial charge >= 0.3 is 6.03 Å². The van der Waals surface area contributed by atoms with Gasteiger partial charge in [-0.3, -0.25) is 9.80 Å². The molecule has 0 atom stereocenters. The number of piperazine rings is 1. The number of nitrogens with zero attached hydrogens (tertiary/aromatic N) is 3. The molecule has 3 aliphatic rings. The first kappa shape index (κ1) is 23.1. The molecule has 1 aromatic carbocycles. The van der Waals surface area contributed by atoms with E-state index < -0.39 is 6.03 Å². The fraction of sp³-hybridized carbons (Fsp3) is 0.370. The molecule has 2 aromatic rings. The highest BCUT2D eigenvalue weighted by Gasteiger charge is 2.24. The van der Waals surface area contributed by atoms with Gasteiger partial charge in [-0.1, -0.05) is 36.4 Å². The second-order valence-corrected chi connectivity index (χ2v) is 8.98. The molecule has 0 radical (unpaired) electrons. The van der Waals surface area contributed by atoms with Crippen molar-refractivity contribution in [3.05, 3.63) is 78.3 Å². The van der Waals surface area contributed by atoms with Gasteiger partial charge in [0.05, 0.1) is 0 Å². The number of unbranched alkanes of at least 4 members (excludes halogenated alkanes) is 1. The molecule has 1 aromatic heterocycles. The molecule has 2 aliphatic heterocycles. The van der Waals surface area contributed by atoms with Gasteiger partial charge in [0.2, 0.25) is 11.8 Å². The van der Waals surface area contributed by atoms with Gasteiger partial charge in [0, 0.05) is 44.2 Å². The number of urea groups is 1. The van der Waals surface area contributed by atoms with Crippen molar-refractivity contribution in [2.75, 3.05) is 44.2 Å². The minimum Gasteiger partial charge on any atom is -0.463 e. The van der Waals surface area contributed by atoms with E-state index in [1.807, 2.05) is 30.3 Å². The Kier molecular flexibility index (Phi) is 7.09. The molecule has 0 saturated carbocycles. The maximum atomic E-state index is 12.0. The lowest BCUT2D eigenvalue weighted by molar-refractivity contribution is 0.0787. The number of amides is 2. The zero-order valence-electron chi connectivity index (χ0n) is 19.9. The van der Waals surface area contributed by atoms with E-state index in [0.717, 1.165) is 81.0 Å². The fourth-order valence-electron chi connectivity index (χ4n) is 4.63. The first-order chi connectivity index (χ1) is 17.2. The van der Waals surface area contributed by atoms with E-state index in [1.165, 1.54) is 10.5 Å². The summed E-state index contributed by atoms with van der Waals surface area (Å²) in [4.78, 5) is 18.2. The van der Waals surface area contributed by atoms with E-state index in [9.17, 15) is 4.79 Å². The van der Waals surface area contributed by atoms with Gasteiger partial charge < -0.3 is 24.5 Å². The van der Waals surface area contributed by atoms with Crippen LogP contribution in [0.1, 0.15) is 25.7 Å². The largest absolute Gasteiger partial charge is 0.463 e. The number of para-hydroxylation sites is 1. The highest BCUT2D eigenvalue weighted by molar-refractivity contribution is 5.92. The lowest BCUT2D eigenvalue weighted by Crippen LogP contribution is -2.46. The van der Waals surface area contributed by atoms with Gasteiger partial charge in [-0.2, -0.15) is 0 Å². The summed E-state index contributed by atoms with van der Waals surface area (Å²) in [5.74, 6) is 2.09. The third kappa shape index (κ3) is 5.54. The quantitative estimate of drug-likeness (QED) is 0.557. The SMILES string of the molecule is NC(=O)N(CCCCN1CCN(C2=COC=C(C3=CC=CCC3)O2)CC1)c1cc2ccccc2o1. The molecule has 3 heterocycles. The molecule has 184 valence electrons. The summed E-state index contributed by atoms with van der Waals surface area (Å²) in [6, 6.07) is 9.09. The maximum absolute atomic E-state index is 12.0. The Balaban J connectivity index is 1.05. The number of fused-ring (bicyclic) bond motifs is 1. The third-order valence-electron chi connectivity index (χ3n) is 6.62. The number of ether oxygens (including phenoxy) is 2. The average molecular weight is 477 g/mol. The molecule has 5 rings (SSSR count). The first-order valence-electron chi connectivity index (χ1n) is 12.3. The number of nitrogens with two attached hydrogens (primary N) is 1. The summed E-state index contributed by atoms with van der Waals surface area (Å²) < 4.78 is 17.6. The second kappa shape index (κ2) is 10.7. The summed E-state index contributed by atoms with van der Waals surface area (Å²) in [6.45, 7) is 5.18. The highest BCUT2D eigenvalue weighted by atomic mass is 16.6. The number of hydrogen-bond donors (Lipinski definition) is 1. The molecule has 2 N–H and O–H groups in total. The predicted octanol–water partition coefficient (Wildman–Crippen LogP) is 4.68. The molecular formula is C27H32N4O4. The van der Waals surface area contributed by atoms with E-state index in [1.54, 1.807) is 12.5 Å². The van der Waals surface area contributed by atoms with Crippen molar-refractivity contribution in [1.29, 1.82) is 0 Å². The standard InChI is InChI=1S/C27H32N4O4/c28-27(32)31(25-18-22-10-4-5-11-23(22)34-25)13-7-6-12-29-14-16-30(17-15-29)26-20-33-19-24(35-26)21-8-2-1-3-9-21/h1-2,4-5,8,10-11,18-20H,3,6-7,9,12-17H2,(H2,28,32). The number of carbonyl (C=O) groups is 1. The van der Waals surface area contributed by atoms with Crippen molar-refractivity contribution in [1.82, 2.24) is 9.80 Å². The number of rotatable bonds is 8. The van der Waals surface area contributed by atoms with Gasteiger partial charge in [0.25, 0.3) is 0 Å². The second-order valence-electron chi connectivity index (χ2n) is 8.98. The van der Waals surface area contributed by atoms with Crippen LogP contribution in [-0.2, 0) is 9.47 Å². The zero-order valence-corrected chi connectivity index (χ0v) is 19.9. The van der Waals surface area contributed by atoms with E-state index >= 15 is 0 Å². The Morgan fingerprint density at radius 3 is 2.71 bits per heavy atom. The Hall–Kier alpha value is -3.65. The van der Waals surface area contributed by atoms with Crippen molar-refractivity contribution in [3.63, 3.8) is 0 Å². The van der Waals surface area contributed by atoms with Crippen LogP contribution >= 0.6 is 0 Å². The number of primary amides is 1. The molecule has 1 aliphatic carbocycles. The molecule has 8 heteroatoms. The molecule has 35 heavy (non-hydrogen) atoms. The van der Waals surface area contributed by atoms with Crippen molar-refractivity contribution >= 4 is 22.9 Å². The summed E-state index contributed by atoms with van der Waals surface area (Å²) in [5, 5.41) is 0.962. The number of benzene rings is 1. The summed E-state index contributed by atoms with van der Waals surface area (Å²) in [7, 11) is 0. The molecule has 2 amide bonds. The van der Waals surface area contributed by atoms with Crippen LogP contribution in [0.15, 0.2) is 82.7 Å². The summed E-state index contributed by atoms with van der Waals surface area (Å²) >= 11 is 0. The van der Waals surface area contributed by atoms with Crippen molar-refractivity contribution in [3.8, 4) is 0 Å². The predicted molar refractivity (Wildman–Crippen MR) is 135 cm³/mol. The van der Waals surface area contributed by atoms with E-state index in [0.29, 0.717) is 12.4 Å². The number of carbonyl (C=O) groups excluding carboxylic acids is 1. The fourth-order valence-corrected chi connectivity index (χ4v) is 4.63. The summed E-state index contributed by atoms with van der Waals surface area (Å²) in [5.41, 5.74) is 7.56. The molecule has 0 spiro atoms. The van der Waals surface area contributed by atoms with Crippen LogP contribution in [0.2, 0.25) is 0 Å². The third-order valence-corrected chi connectivity index (χ3v) is 6.62. The molecule has 1 saturated heterocycles. The lowest BCUT2D eigenvalue weighted by Gasteiger charge is -2.37. The van der Waals surface area contributed by atoms with Crippen LogP contribution in [-0.4, -0.2) is 55.1 Å². The molecule has 0 unspecified atom stereocenters. The van der Waals surface area contributed by atoms with Crippen LogP contribution in [0, 0.1) is 0 Å². The van der Waals surface area contributed by atoms with Crippen LogP contribution in [0.5, 0.6) is 0 Å². The molecular weight excluding hydrogens is 444 g/mol. The van der Waals surface area contributed by atoms with Gasteiger partial charge in [0.15, 0.2) is 12.0 Å². The number of furan rings is 1. The molecule has 1 fully saturated rings. The van der Waals surface area contributed by atoms with E-state index in [-0.39, 0.29) is 0 Å². The Morgan fingerprint density at radius 2 is 1.94 bits per heavy atom. The molecule has 0 bridgehead atoms. The topological polar surface area (TPSA) is 84.4 Å². The lowest BCUT2D eigenvalue weighted by atomic mass is 10.0. The maximum Gasteiger partial charge on any atom is 0.321 e. The number of allylic oxidation sites excluding steroid dienone is 4. The summed E-state index contributed by atoms with van der Waals surface area (Å²) in [6.07, 6.45) is 13.5. The monoisotopic (exact) mass is 476 g/mol. The number of hydrogen-bond acceptors (Lipinski definition) is 6. The van der Waals surface area contributed by atoms with E-state index in [2.05, 4.69) is 28.0 Å². The van der Waals surface area contributed by atoms with Crippen LogP contribution in [0.4, 0.5) is 10.7 Å². The minimum absolute atomic E-state index is 0.492. The minimum atomic E-state index is -0.492. The molecule has 8 nitrogen and oxygen atoms in total. The Labute approximate surface area is 205 Å². The van der Waals surface area contributed by atoms with Crippen molar-refractivity contribution in [2.24, 2.45) is 5.73 Å². The van der Waals surface area contributed by atoms with E-state index in [4.69, 9.17) is 19.6 Å². The van der Waals surface area contributed by atoms with Gasteiger partial charge in [0.1, 0.15) is 11.8 Å². The highest BCUT2D eigenvalue weighted by Crippen LogP contribution is 2.28. The van der Waals surface area contributed by atoms with Gasteiger partial charge in [-0.05, 0) is 43.9 Å². The number of anilines is 1. The first-order valence-corrected chi connectivity index (χ1v) is 12.3. The normalized spacial score (nSPS) is 18.4. The van der Waals surface area contributed by atoms with Gasteiger partial charge in [-0.15, -0.1) is 0 Å². The smallest absolute Gasteiger partial charge is 0.321 e.